The molecule has 1 heterocycles. The number of carbonyl (C=O) groups is 1. The maximum absolute atomic E-state index is 13.2. The highest BCUT2D eigenvalue weighted by Gasteiger charge is 2.37. The molecule has 0 bridgehead atoms. The minimum absolute atomic E-state index is 0.132. The van der Waals surface area contributed by atoms with Gasteiger partial charge in [-0.1, -0.05) is 42.5 Å². The van der Waals surface area contributed by atoms with Gasteiger partial charge < -0.3 is 10.1 Å². The fourth-order valence-electron chi connectivity index (χ4n) is 3.19. The van der Waals surface area contributed by atoms with E-state index in [9.17, 15) is 17.6 Å². The van der Waals surface area contributed by atoms with Crippen molar-refractivity contribution in [3.05, 3.63) is 90.2 Å². The van der Waals surface area contributed by atoms with E-state index in [-0.39, 0.29) is 23.8 Å². The highest BCUT2D eigenvalue weighted by atomic mass is 32.2. The topological polar surface area (TPSA) is 75.7 Å². The Hall–Kier alpha value is -3.39. The van der Waals surface area contributed by atoms with E-state index >= 15 is 0 Å². The molecule has 3 aromatic carbocycles. The Morgan fingerprint density at radius 1 is 1.00 bits per heavy atom. The molecule has 8 heteroatoms. The Kier molecular flexibility index (Phi) is 5.41. The van der Waals surface area contributed by atoms with Crippen molar-refractivity contribution in [3.8, 4) is 5.75 Å². The third kappa shape index (κ3) is 3.99. The van der Waals surface area contributed by atoms with Crippen molar-refractivity contribution in [1.29, 1.82) is 0 Å². The number of para-hydroxylation sites is 2. The van der Waals surface area contributed by atoms with Gasteiger partial charge in [0.25, 0.3) is 15.9 Å². The molecule has 1 atom stereocenters. The summed E-state index contributed by atoms with van der Waals surface area (Å²) in [6, 6.07) is 20.5. The van der Waals surface area contributed by atoms with Crippen LogP contribution < -0.4 is 14.4 Å². The van der Waals surface area contributed by atoms with Crippen LogP contribution in [0.25, 0.3) is 0 Å². The number of ether oxygens (including phenoxy) is 1. The summed E-state index contributed by atoms with van der Waals surface area (Å²) in [6.07, 6.45) is -1.03. The predicted octanol–water partition coefficient (Wildman–Crippen LogP) is 3.10. The number of carbonyl (C=O) groups excluding carboxylic acids is 1. The van der Waals surface area contributed by atoms with Gasteiger partial charge in [-0.15, -0.1) is 0 Å². The largest absolute Gasteiger partial charge is 0.476 e. The molecule has 30 heavy (non-hydrogen) atoms. The van der Waals surface area contributed by atoms with Crippen molar-refractivity contribution in [3.63, 3.8) is 0 Å². The van der Waals surface area contributed by atoms with Crippen molar-refractivity contribution >= 4 is 21.6 Å². The number of nitrogens with one attached hydrogen (secondary N) is 1. The number of hydrogen-bond donors (Lipinski definition) is 1. The van der Waals surface area contributed by atoms with E-state index in [1.54, 1.807) is 54.6 Å². The monoisotopic (exact) mass is 426 g/mol. The van der Waals surface area contributed by atoms with Crippen LogP contribution in [0.5, 0.6) is 5.75 Å². The molecule has 6 nitrogen and oxygen atoms in total. The number of sulfonamides is 1. The maximum atomic E-state index is 13.2. The molecule has 1 unspecified atom stereocenters. The third-order valence-corrected chi connectivity index (χ3v) is 6.53. The summed E-state index contributed by atoms with van der Waals surface area (Å²) in [5.41, 5.74) is 1.10. The maximum Gasteiger partial charge on any atom is 0.264 e. The summed E-state index contributed by atoms with van der Waals surface area (Å²) < 4.78 is 46.5. The van der Waals surface area contributed by atoms with Crippen LogP contribution in [-0.4, -0.2) is 27.0 Å². The molecule has 154 valence electrons. The Labute approximate surface area is 174 Å². The molecular weight excluding hydrogens is 407 g/mol. The second-order valence-corrected chi connectivity index (χ2v) is 8.63. The summed E-state index contributed by atoms with van der Waals surface area (Å²) in [6.45, 7) is 0.00947. The van der Waals surface area contributed by atoms with Crippen LogP contribution >= 0.6 is 0 Å². The number of rotatable bonds is 5. The highest BCUT2D eigenvalue weighted by molar-refractivity contribution is 7.92. The minimum atomic E-state index is -3.88. The number of hydrogen-bond acceptors (Lipinski definition) is 4. The van der Waals surface area contributed by atoms with Gasteiger partial charge in [0.1, 0.15) is 11.6 Å². The second-order valence-electron chi connectivity index (χ2n) is 6.77. The lowest BCUT2D eigenvalue weighted by Gasteiger charge is -2.34. The average Bonchev–Trinajstić information content (AvgIpc) is 2.78. The number of amides is 1. The quantitative estimate of drug-likeness (QED) is 0.680. The third-order valence-electron chi connectivity index (χ3n) is 4.74. The van der Waals surface area contributed by atoms with Crippen molar-refractivity contribution in [2.24, 2.45) is 0 Å². The Balaban J connectivity index is 1.58. The molecule has 0 aromatic heterocycles. The standard InChI is InChI=1S/C22H19FN2O4S/c23-17-12-10-16(11-13-17)14-24-22(26)21-15-25(19-8-4-5-9-20(19)29-21)30(27,28)18-6-2-1-3-7-18/h1-13,21H,14-15H2,(H,24,26). The molecule has 0 saturated carbocycles. The molecule has 0 spiro atoms. The molecular formula is C22H19FN2O4S. The van der Waals surface area contributed by atoms with Crippen LogP contribution in [0, 0.1) is 5.82 Å². The van der Waals surface area contributed by atoms with Gasteiger partial charge >= 0.3 is 0 Å². The normalized spacial score (nSPS) is 15.8. The van der Waals surface area contributed by atoms with Gasteiger partial charge in [-0.25, -0.2) is 12.8 Å². The molecule has 0 fully saturated rings. The van der Waals surface area contributed by atoms with E-state index in [1.807, 2.05) is 0 Å². The van der Waals surface area contributed by atoms with Crippen LogP contribution in [0.2, 0.25) is 0 Å². The predicted molar refractivity (Wildman–Crippen MR) is 110 cm³/mol. The summed E-state index contributed by atoms with van der Waals surface area (Å²) in [7, 11) is -3.88. The molecule has 0 radical (unpaired) electrons. The summed E-state index contributed by atoms with van der Waals surface area (Å²) >= 11 is 0. The average molecular weight is 426 g/mol. The molecule has 0 aliphatic carbocycles. The van der Waals surface area contributed by atoms with Gasteiger partial charge in [0.05, 0.1) is 17.1 Å². The summed E-state index contributed by atoms with van der Waals surface area (Å²) in [5.74, 6) is -0.508. The van der Waals surface area contributed by atoms with Gasteiger partial charge in [-0.2, -0.15) is 0 Å². The van der Waals surface area contributed by atoms with Crippen molar-refractivity contribution in [2.45, 2.75) is 17.5 Å². The van der Waals surface area contributed by atoms with E-state index in [1.165, 1.54) is 28.6 Å². The lowest BCUT2D eigenvalue weighted by Crippen LogP contribution is -2.50. The Morgan fingerprint density at radius 3 is 2.40 bits per heavy atom. The SMILES string of the molecule is O=C(NCc1ccc(F)cc1)C1CN(S(=O)(=O)c2ccccc2)c2ccccc2O1. The minimum Gasteiger partial charge on any atom is -0.476 e. The molecule has 1 N–H and O–H groups in total. The van der Waals surface area contributed by atoms with Gasteiger partial charge in [0.15, 0.2) is 6.10 Å². The highest BCUT2D eigenvalue weighted by Crippen LogP contribution is 2.36. The first-order chi connectivity index (χ1) is 14.4. The van der Waals surface area contributed by atoms with E-state index in [4.69, 9.17) is 4.74 Å². The van der Waals surface area contributed by atoms with Crippen molar-refractivity contribution < 1.29 is 22.3 Å². The van der Waals surface area contributed by atoms with Crippen LogP contribution in [0.4, 0.5) is 10.1 Å². The molecule has 1 amide bonds. The first-order valence-electron chi connectivity index (χ1n) is 9.31. The van der Waals surface area contributed by atoms with Crippen LogP contribution in [0.15, 0.2) is 83.8 Å². The summed E-state index contributed by atoms with van der Waals surface area (Å²) in [5, 5.41) is 2.72. The van der Waals surface area contributed by atoms with E-state index in [2.05, 4.69) is 5.32 Å². The summed E-state index contributed by atoms with van der Waals surface area (Å²) in [4.78, 5) is 12.9. The lowest BCUT2D eigenvalue weighted by molar-refractivity contribution is -0.127. The van der Waals surface area contributed by atoms with Crippen molar-refractivity contribution in [2.75, 3.05) is 10.8 Å². The number of anilines is 1. The first-order valence-corrected chi connectivity index (χ1v) is 10.7. The molecule has 4 rings (SSSR count). The van der Waals surface area contributed by atoms with E-state index in [0.29, 0.717) is 11.4 Å². The van der Waals surface area contributed by atoms with Gasteiger partial charge in [0.2, 0.25) is 0 Å². The zero-order valence-corrected chi connectivity index (χ0v) is 16.7. The second kappa shape index (κ2) is 8.16. The van der Waals surface area contributed by atoms with E-state index < -0.39 is 22.0 Å². The molecule has 1 aliphatic rings. The van der Waals surface area contributed by atoms with Crippen LogP contribution in [-0.2, 0) is 21.4 Å². The Bertz CT molecular complexity index is 1150. The van der Waals surface area contributed by atoms with Crippen LogP contribution in [0.3, 0.4) is 0 Å². The van der Waals surface area contributed by atoms with Gasteiger partial charge in [-0.3, -0.25) is 9.10 Å². The van der Waals surface area contributed by atoms with E-state index in [0.717, 1.165) is 5.56 Å². The van der Waals surface area contributed by atoms with Gasteiger partial charge in [0, 0.05) is 6.54 Å². The molecule has 3 aromatic rings. The molecule has 1 aliphatic heterocycles. The zero-order valence-electron chi connectivity index (χ0n) is 15.9. The fraction of sp³-hybridized carbons (Fsp3) is 0.136. The smallest absolute Gasteiger partial charge is 0.264 e. The number of halogens is 1. The van der Waals surface area contributed by atoms with Crippen LogP contribution in [0.1, 0.15) is 5.56 Å². The zero-order chi connectivity index (χ0) is 21.1. The fourth-order valence-corrected chi connectivity index (χ4v) is 4.69. The lowest BCUT2D eigenvalue weighted by atomic mass is 10.2. The number of nitrogens with zero attached hydrogens (tertiary/aromatic N) is 1. The van der Waals surface area contributed by atoms with Gasteiger partial charge in [-0.05, 0) is 42.0 Å². The number of benzene rings is 3. The number of fused-ring (bicyclic) bond motifs is 1. The van der Waals surface area contributed by atoms with Crippen molar-refractivity contribution in [1.82, 2.24) is 5.32 Å². The first kappa shape index (κ1) is 19.9. The Morgan fingerprint density at radius 2 is 1.67 bits per heavy atom. The molecule has 0 saturated heterocycles.